The van der Waals surface area contributed by atoms with Crippen molar-refractivity contribution in [2.45, 2.75) is 26.3 Å². The summed E-state index contributed by atoms with van der Waals surface area (Å²) in [7, 11) is 3.31. The fourth-order valence-corrected chi connectivity index (χ4v) is 1.69. The van der Waals surface area contributed by atoms with Crippen LogP contribution in [0.2, 0.25) is 0 Å². The van der Waals surface area contributed by atoms with Crippen LogP contribution < -0.4 is 15.2 Å². The Morgan fingerprint density at radius 1 is 1.20 bits per heavy atom. The molecule has 1 rings (SSSR count). The Morgan fingerprint density at radius 3 is 2.27 bits per heavy atom. The van der Waals surface area contributed by atoms with Crippen molar-refractivity contribution in [1.82, 2.24) is 0 Å². The number of ether oxygens (including phenoxy) is 2. The number of aryl methyl sites for hydroxylation is 1. The maximum absolute atomic E-state index is 5.78. The summed E-state index contributed by atoms with van der Waals surface area (Å²) in [6, 6.07) is 4.19. The van der Waals surface area contributed by atoms with Gasteiger partial charge >= 0.3 is 0 Å². The Balaban J connectivity index is 3.16. The van der Waals surface area contributed by atoms with Crippen LogP contribution in [0.4, 0.5) is 0 Å². The molecule has 84 valence electrons. The summed E-state index contributed by atoms with van der Waals surface area (Å²) in [6.07, 6.45) is 0.791. The number of hydrogen-bond donors (Lipinski definition) is 1. The first-order valence-corrected chi connectivity index (χ1v) is 5.06. The molecule has 0 amide bonds. The van der Waals surface area contributed by atoms with Crippen molar-refractivity contribution in [3.8, 4) is 11.5 Å². The SMILES string of the molecule is COc1c(C)ccc(CC(C)N)c1OC. The normalized spacial score (nSPS) is 12.3. The molecule has 2 N–H and O–H groups in total. The molecule has 0 fully saturated rings. The largest absolute Gasteiger partial charge is 0.493 e. The molecule has 0 bridgehead atoms. The number of benzene rings is 1. The van der Waals surface area contributed by atoms with Crippen LogP contribution in [-0.4, -0.2) is 20.3 Å². The quantitative estimate of drug-likeness (QED) is 0.823. The zero-order valence-electron chi connectivity index (χ0n) is 9.83. The summed E-state index contributed by atoms with van der Waals surface area (Å²) in [4.78, 5) is 0. The van der Waals surface area contributed by atoms with Gasteiger partial charge in [-0.3, -0.25) is 0 Å². The highest BCUT2D eigenvalue weighted by Gasteiger charge is 2.13. The van der Waals surface area contributed by atoms with E-state index in [1.807, 2.05) is 26.0 Å². The third kappa shape index (κ3) is 2.63. The molecule has 0 aliphatic rings. The van der Waals surface area contributed by atoms with Gasteiger partial charge in [0.05, 0.1) is 14.2 Å². The van der Waals surface area contributed by atoms with Crippen molar-refractivity contribution in [3.63, 3.8) is 0 Å². The van der Waals surface area contributed by atoms with Gasteiger partial charge in [-0.25, -0.2) is 0 Å². The smallest absolute Gasteiger partial charge is 0.164 e. The van der Waals surface area contributed by atoms with Crippen molar-refractivity contribution in [3.05, 3.63) is 23.3 Å². The molecule has 1 aromatic carbocycles. The number of rotatable bonds is 4. The van der Waals surface area contributed by atoms with E-state index in [0.717, 1.165) is 29.0 Å². The van der Waals surface area contributed by atoms with E-state index in [0.29, 0.717) is 0 Å². The summed E-state index contributed by atoms with van der Waals surface area (Å²) in [5, 5.41) is 0. The molecule has 0 saturated carbocycles. The summed E-state index contributed by atoms with van der Waals surface area (Å²) in [6.45, 7) is 3.97. The molecular formula is C12H19NO2. The van der Waals surface area contributed by atoms with E-state index in [4.69, 9.17) is 15.2 Å². The summed E-state index contributed by atoms with van der Waals surface area (Å²) < 4.78 is 10.7. The van der Waals surface area contributed by atoms with Gasteiger partial charge in [-0.15, -0.1) is 0 Å². The van der Waals surface area contributed by atoms with E-state index in [9.17, 15) is 0 Å². The van der Waals surface area contributed by atoms with Gasteiger partial charge in [-0.05, 0) is 31.4 Å². The van der Waals surface area contributed by atoms with Gasteiger partial charge in [0.25, 0.3) is 0 Å². The van der Waals surface area contributed by atoms with E-state index in [1.54, 1.807) is 14.2 Å². The van der Waals surface area contributed by atoms with E-state index in [-0.39, 0.29) is 6.04 Å². The third-order valence-electron chi connectivity index (χ3n) is 2.34. The molecule has 0 aliphatic carbocycles. The average molecular weight is 209 g/mol. The van der Waals surface area contributed by atoms with Gasteiger partial charge in [0.15, 0.2) is 11.5 Å². The lowest BCUT2D eigenvalue weighted by atomic mass is 10.0. The van der Waals surface area contributed by atoms with Crippen molar-refractivity contribution in [2.24, 2.45) is 5.73 Å². The van der Waals surface area contributed by atoms with E-state index >= 15 is 0 Å². The number of nitrogens with two attached hydrogens (primary N) is 1. The van der Waals surface area contributed by atoms with Crippen molar-refractivity contribution in [1.29, 1.82) is 0 Å². The standard InChI is InChI=1S/C12H19NO2/c1-8-5-6-10(7-9(2)13)12(15-4)11(8)14-3/h5-6,9H,7,13H2,1-4H3. The van der Waals surface area contributed by atoms with Crippen LogP contribution in [0.25, 0.3) is 0 Å². The van der Waals surface area contributed by atoms with Gasteiger partial charge < -0.3 is 15.2 Å². The second kappa shape index (κ2) is 5.03. The van der Waals surface area contributed by atoms with E-state index in [2.05, 4.69) is 0 Å². The van der Waals surface area contributed by atoms with Gasteiger partial charge in [0.2, 0.25) is 0 Å². The molecule has 0 saturated heterocycles. The van der Waals surface area contributed by atoms with Crippen LogP contribution in [0.3, 0.4) is 0 Å². The van der Waals surface area contributed by atoms with E-state index in [1.165, 1.54) is 0 Å². The number of hydrogen-bond acceptors (Lipinski definition) is 3. The fraction of sp³-hybridized carbons (Fsp3) is 0.500. The Hall–Kier alpha value is -1.22. The zero-order valence-corrected chi connectivity index (χ0v) is 9.83. The second-order valence-corrected chi connectivity index (χ2v) is 3.79. The molecule has 1 atom stereocenters. The minimum absolute atomic E-state index is 0.117. The minimum atomic E-state index is 0.117. The molecule has 3 heteroatoms. The van der Waals surface area contributed by atoms with Crippen LogP contribution in [0.15, 0.2) is 12.1 Å². The second-order valence-electron chi connectivity index (χ2n) is 3.79. The average Bonchev–Trinajstić information content (AvgIpc) is 2.19. The molecule has 0 aromatic heterocycles. The predicted molar refractivity (Wildman–Crippen MR) is 61.6 cm³/mol. The summed E-state index contributed by atoms with van der Waals surface area (Å²) in [5.74, 6) is 1.60. The summed E-state index contributed by atoms with van der Waals surface area (Å²) in [5.41, 5.74) is 7.95. The van der Waals surface area contributed by atoms with Crippen LogP contribution in [0, 0.1) is 6.92 Å². The highest BCUT2D eigenvalue weighted by Crippen LogP contribution is 2.34. The van der Waals surface area contributed by atoms with Crippen molar-refractivity contribution < 1.29 is 9.47 Å². The lowest BCUT2D eigenvalue weighted by Crippen LogP contribution is -2.18. The van der Waals surface area contributed by atoms with Crippen molar-refractivity contribution in [2.75, 3.05) is 14.2 Å². The first kappa shape index (κ1) is 11.9. The lowest BCUT2D eigenvalue weighted by Gasteiger charge is -2.15. The Morgan fingerprint density at radius 2 is 1.80 bits per heavy atom. The Kier molecular flexibility index (Phi) is 3.97. The Bertz CT molecular complexity index is 335. The van der Waals surface area contributed by atoms with Crippen LogP contribution in [0.1, 0.15) is 18.1 Å². The fourth-order valence-electron chi connectivity index (χ4n) is 1.69. The lowest BCUT2D eigenvalue weighted by molar-refractivity contribution is 0.349. The van der Waals surface area contributed by atoms with Crippen molar-refractivity contribution >= 4 is 0 Å². The molecule has 1 aromatic rings. The maximum Gasteiger partial charge on any atom is 0.164 e. The highest BCUT2D eigenvalue weighted by atomic mass is 16.5. The van der Waals surface area contributed by atoms with Gasteiger partial charge in [-0.1, -0.05) is 12.1 Å². The van der Waals surface area contributed by atoms with Gasteiger partial charge in [-0.2, -0.15) is 0 Å². The van der Waals surface area contributed by atoms with Crippen LogP contribution in [0.5, 0.6) is 11.5 Å². The van der Waals surface area contributed by atoms with Gasteiger partial charge in [0, 0.05) is 6.04 Å². The molecule has 0 aliphatic heterocycles. The predicted octanol–water partition coefficient (Wildman–Crippen LogP) is 1.90. The monoisotopic (exact) mass is 209 g/mol. The maximum atomic E-state index is 5.78. The first-order valence-electron chi connectivity index (χ1n) is 5.06. The first-order chi connectivity index (χ1) is 7.10. The summed E-state index contributed by atoms with van der Waals surface area (Å²) >= 11 is 0. The molecule has 0 radical (unpaired) electrons. The number of methoxy groups -OCH3 is 2. The molecule has 1 unspecified atom stereocenters. The van der Waals surface area contributed by atoms with Crippen LogP contribution in [-0.2, 0) is 6.42 Å². The van der Waals surface area contributed by atoms with Crippen LogP contribution >= 0.6 is 0 Å². The zero-order chi connectivity index (χ0) is 11.4. The third-order valence-corrected chi connectivity index (χ3v) is 2.34. The molecule has 0 spiro atoms. The molecule has 3 nitrogen and oxygen atoms in total. The molecular weight excluding hydrogens is 190 g/mol. The molecule has 0 heterocycles. The highest BCUT2D eigenvalue weighted by molar-refractivity contribution is 5.51. The van der Waals surface area contributed by atoms with E-state index < -0.39 is 0 Å². The van der Waals surface area contributed by atoms with Gasteiger partial charge in [0.1, 0.15) is 0 Å². The minimum Gasteiger partial charge on any atom is -0.493 e. The topological polar surface area (TPSA) is 44.5 Å². The Labute approximate surface area is 91.2 Å². The molecule has 15 heavy (non-hydrogen) atoms.